The van der Waals surface area contributed by atoms with E-state index >= 15 is 0 Å². The molecule has 1 nitrogen and oxygen atoms in total. The van der Waals surface area contributed by atoms with Gasteiger partial charge in [0.1, 0.15) is 0 Å². The van der Waals surface area contributed by atoms with E-state index in [0.717, 1.165) is 17.8 Å². The zero-order valence-corrected chi connectivity index (χ0v) is 8.01. The molecule has 1 aliphatic rings. The first-order valence-corrected chi connectivity index (χ1v) is 4.85. The van der Waals surface area contributed by atoms with Crippen molar-refractivity contribution in [2.24, 2.45) is 23.5 Å². The Hall–Kier alpha value is -0.0400. The first-order valence-electron chi connectivity index (χ1n) is 4.85. The maximum atomic E-state index is 5.95. The largest absolute Gasteiger partial charge is 0.328 e. The molecule has 0 aliphatic heterocycles. The standard InChI is InChI=1S/C10H21N/c1-7(2)9-4-8(3)5-10(11)6-9/h7-10H,4-6,11H2,1-3H3/t8?,9-,10-/m1/s1. The smallest absolute Gasteiger partial charge is 0.00441 e. The van der Waals surface area contributed by atoms with Gasteiger partial charge in [-0.3, -0.25) is 0 Å². The van der Waals surface area contributed by atoms with Crippen molar-refractivity contribution >= 4 is 0 Å². The van der Waals surface area contributed by atoms with Gasteiger partial charge in [-0.1, -0.05) is 20.8 Å². The van der Waals surface area contributed by atoms with Crippen molar-refractivity contribution in [3.05, 3.63) is 0 Å². The molecule has 0 heterocycles. The lowest BCUT2D eigenvalue weighted by atomic mass is 9.75. The van der Waals surface area contributed by atoms with Gasteiger partial charge in [0.05, 0.1) is 0 Å². The van der Waals surface area contributed by atoms with Crippen molar-refractivity contribution in [2.75, 3.05) is 0 Å². The number of rotatable bonds is 1. The van der Waals surface area contributed by atoms with E-state index in [1.165, 1.54) is 19.3 Å². The maximum Gasteiger partial charge on any atom is 0.00441 e. The number of hydrogen-bond acceptors (Lipinski definition) is 1. The quantitative estimate of drug-likeness (QED) is 0.618. The molecule has 0 spiro atoms. The van der Waals surface area contributed by atoms with Gasteiger partial charge < -0.3 is 5.73 Å². The van der Waals surface area contributed by atoms with Crippen LogP contribution in [0.3, 0.4) is 0 Å². The molecule has 1 heteroatoms. The second-order valence-electron chi connectivity index (χ2n) is 4.58. The van der Waals surface area contributed by atoms with Crippen molar-refractivity contribution in [3.8, 4) is 0 Å². The van der Waals surface area contributed by atoms with Crippen LogP contribution in [-0.4, -0.2) is 6.04 Å². The normalized spacial score (nSPS) is 39.5. The minimum Gasteiger partial charge on any atom is -0.328 e. The highest BCUT2D eigenvalue weighted by Crippen LogP contribution is 2.32. The Labute approximate surface area is 70.4 Å². The molecule has 0 radical (unpaired) electrons. The first-order chi connectivity index (χ1) is 5.09. The SMILES string of the molecule is CC1C[C@@H](N)C[C@H](C(C)C)C1. The molecule has 0 bridgehead atoms. The van der Waals surface area contributed by atoms with E-state index < -0.39 is 0 Å². The van der Waals surface area contributed by atoms with Gasteiger partial charge in [-0.15, -0.1) is 0 Å². The average molecular weight is 155 g/mol. The van der Waals surface area contributed by atoms with Gasteiger partial charge in [-0.2, -0.15) is 0 Å². The molecule has 0 saturated heterocycles. The highest BCUT2D eigenvalue weighted by Gasteiger charge is 2.25. The molecular formula is C10H21N. The Balaban J connectivity index is 2.43. The minimum atomic E-state index is 0.478. The molecule has 3 atom stereocenters. The van der Waals surface area contributed by atoms with Crippen molar-refractivity contribution in [2.45, 2.75) is 46.1 Å². The summed E-state index contributed by atoms with van der Waals surface area (Å²) >= 11 is 0. The van der Waals surface area contributed by atoms with Crippen LogP contribution < -0.4 is 5.73 Å². The lowest BCUT2D eigenvalue weighted by molar-refractivity contribution is 0.204. The fourth-order valence-corrected chi connectivity index (χ4v) is 2.26. The highest BCUT2D eigenvalue weighted by atomic mass is 14.6. The van der Waals surface area contributed by atoms with Crippen LogP contribution in [0.15, 0.2) is 0 Å². The molecule has 66 valence electrons. The van der Waals surface area contributed by atoms with Crippen LogP contribution in [0, 0.1) is 17.8 Å². The van der Waals surface area contributed by atoms with Gasteiger partial charge in [0.15, 0.2) is 0 Å². The lowest BCUT2D eigenvalue weighted by Gasteiger charge is -2.33. The third-order valence-corrected chi connectivity index (χ3v) is 2.96. The maximum absolute atomic E-state index is 5.95. The molecule has 1 saturated carbocycles. The van der Waals surface area contributed by atoms with Crippen LogP contribution in [0.4, 0.5) is 0 Å². The third kappa shape index (κ3) is 2.48. The Morgan fingerprint density at radius 2 is 1.82 bits per heavy atom. The van der Waals surface area contributed by atoms with Crippen molar-refractivity contribution in [1.82, 2.24) is 0 Å². The van der Waals surface area contributed by atoms with Crippen LogP contribution in [0.5, 0.6) is 0 Å². The van der Waals surface area contributed by atoms with E-state index in [1.54, 1.807) is 0 Å². The monoisotopic (exact) mass is 155 g/mol. The van der Waals surface area contributed by atoms with E-state index in [4.69, 9.17) is 5.73 Å². The van der Waals surface area contributed by atoms with Gasteiger partial charge in [-0.25, -0.2) is 0 Å². The minimum absolute atomic E-state index is 0.478. The molecule has 2 N–H and O–H groups in total. The van der Waals surface area contributed by atoms with Crippen LogP contribution in [0.1, 0.15) is 40.0 Å². The van der Waals surface area contributed by atoms with Crippen LogP contribution in [0.2, 0.25) is 0 Å². The molecule has 11 heavy (non-hydrogen) atoms. The predicted octanol–water partition coefficient (Wildman–Crippen LogP) is 2.41. The van der Waals surface area contributed by atoms with Gasteiger partial charge in [0.2, 0.25) is 0 Å². The molecule has 0 aromatic rings. The predicted molar refractivity (Wildman–Crippen MR) is 49.3 cm³/mol. The summed E-state index contributed by atoms with van der Waals surface area (Å²) in [5.74, 6) is 2.56. The molecule has 1 fully saturated rings. The zero-order chi connectivity index (χ0) is 8.43. The van der Waals surface area contributed by atoms with Crippen LogP contribution in [0.25, 0.3) is 0 Å². The Morgan fingerprint density at radius 1 is 1.18 bits per heavy atom. The van der Waals surface area contributed by atoms with Crippen molar-refractivity contribution in [3.63, 3.8) is 0 Å². The summed E-state index contributed by atoms with van der Waals surface area (Å²) < 4.78 is 0. The highest BCUT2D eigenvalue weighted by molar-refractivity contribution is 4.80. The summed E-state index contributed by atoms with van der Waals surface area (Å²) in [4.78, 5) is 0. The van der Waals surface area contributed by atoms with Gasteiger partial charge in [0, 0.05) is 6.04 Å². The van der Waals surface area contributed by atoms with E-state index in [2.05, 4.69) is 20.8 Å². The van der Waals surface area contributed by atoms with E-state index in [0.29, 0.717) is 6.04 Å². The fourth-order valence-electron chi connectivity index (χ4n) is 2.26. The average Bonchev–Trinajstić information content (AvgIpc) is 1.85. The van der Waals surface area contributed by atoms with Crippen LogP contribution >= 0.6 is 0 Å². The topological polar surface area (TPSA) is 26.0 Å². The molecular weight excluding hydrogens is 134 g/mol. The second kappa shape index (κ2) is 3.57. The Kier molecular flexibility index (Phi) is 2.94. The summed E-state index contributed by atoms with van der Waals surface area (Å²) in [5.41, 5.74) is 5.95. The molecule has 1 aliphatic carbocycles. The van der Waals surface area contributed by atoms with Gasteiger partial charge >= 0.3 is 0 Å². The summed E-state index contributed by atoms with van der Waals surface area (Å²) in [6.07, 6.45) is 3.89. The Bertz CT molecular complexity index is 110. The molecule has 0 amide bonds. The van der Waals surface area contributed by atoms with E-state index in [1.807, 2.05) is 0 Å². The van der Waals surface area contributed by atoms with Gasteiger partial charge in [0.25, 0.3) is 0 Å². The summed E-state index contributed by atoms with van der Waals surface area (Å²) in [6.45, 7) is 6.96. The number of hydrogen-bond donors (Lipinski definition) is 1. The van der Waals surface area contributed by atoms with Gasteiger partial charge in [-0.05, 0) is 37.0 Å². The number of nitrogens with two attached hydrogens (primary N) is 1. The molecule has 1 unspecified atom stereocenters. The summed E-state index contributed by atoms with van der Waals surface area (Å²) in [7, 11) is 0. The van der Waals surface area contributed by atoms with Crippen molar-refractivity contribution in [1.29, 1.82) is 0 Å². The summed E-state index contributed by atoms with van der Waals surface area (Å²) in [6, 6.07) is 0.478. The van der Waals surface area contributed by atoms with E-state index in [9.17, 15) is 0 Å². The first kappa shape index (κ1) is 9.05. The van der Waals surface area contributed by atoms with Crippen LogP contribution in [-0.2, 0) is 0 Å². The molecule has 0 aromatic carbocycles. The molecule has 0 aromatic heterocycles. The van der Waals surface area contributed by atoms with E-state index in [-0.39, 0.29) is 0 Å². The lowest BCUT2D eigenvalue weighted by Crippen LogP contribution is -2.33. The molecule has 1 rings (SSSR count). The zero-order valence-electron chi connectivity index (χ0n) is 8.01. The fraction of sp³-hybridized carbons (Fsp3) is 1.00. The Morgan fingerprint density at radius 3 is 2.27 bits per heavy atom. The third-order valence-electron chi connectivity index (χ3n) is 2.96. The summed E-state index contributed by atoms with van der Waals surface area (Å²) in [5, 5.41) is 0. The van der Waals surface area contributed by atoms with Crippen molar-refractivity contribution < 1.29 is 0 Å². The second-order valence-corrected chi connectivity index (χ2v) is 4.58.